The minimum atomic E-state index is 0.171. The highest BCUT2D eigenvalue weighted by Gasteiger charge is 2.91. The number of hydrogen-bond donors (Lipinski definition) is 0. The van der Waals surface area contributed by atoms with Gasteiger partial charge >= 0.3 is 0 Å². The Hall–Kier alpha value is -0.800. The number of azo groups is 4. The van der Waals surface area contributed by atoms with Crippen LogP contribution in [0.15, 0.2) is 10.2 Å². The molecule has 6 rings (SSSR count). The molecule has 3 saturated carbocycles. The Labute approximate surface area is 132 Å². The fraction of sp³-hybridized carbons (Fsp3) is 1.00. The van der Waals surface area contributed by atoms with Crippen molar-refractivity contribution in [3.63, 3.8) is 0 Å². The van der Waals surface area contributed by atoms with Crippen LogP contribution in [0.2, 0.25) is 0 Å². The maximum absolute atomic E-state index is 5.30. The molecule has 0 saturated heterocycles. The summed E-state index contributed by atoms with van der Waals surface area (Å²) in [4.78, 5) is 0. The Balaban J connectivity index is 1.55. The van der Waals surface area contributed by atoms with E-state index in [2.05, 4.69) is 50.9 Å². The van der Waals surface area contributed by atoms with Crippen molar-refractivity contribution in [3.8, 4) is 0 Å². The van der Waals surface area contributed by atoms with Gasteiger partial charge < -0.3 is 0 Å². The standard InChI is InChI=1S/C18H28N4/c1-17(2,3)21-15-9-7-10-8(9)14-11(15)12(13(7)19-21)16(10)22(20-14)18(4,5)6/h7-16H,1-6H3/q+2/t7?,8?,9?,10?,11-,12-,13-,14-,15+,16+/m0/s1. The Morgan fingerprint density at radius 1 is 0.545 bits per heavy atom. The van der Waals surface area contributed by atoms with Gasteiger partial charge in [0.05, 0.1) is 11.8 Å². The largest absolute Gasteiger partial charge is 0.187 e. The molecule has 6 aliphatic rings. The molecule has 0 N–H and O–H groups in total. The molecule has 4 nitrogen and oxygen atoms in total. The zero-order chi connectivity index (χ0) is 15.3. The predicted molar refractivity (Wildman–Crippen MR) is 81.0 cm³/mol. The van der Waals surface area contributed by atoms with Gasteiger partial charge in [-0.15, -0.1) is 9.39 Å². The maximum atomic E-state index is 5.30. The molecule has 0 amide bonds. The van der Waals surface area contributed by atoms with Gasteiger partial charge in [0.2, 0.25) is 0 Å². The number of fused-ring (bicyclic) bond motifs is 3. The van der Waals surface area contributed by atoms with Crippen LogP contribution in [0.3, 0.4) is 0 Å². The molecule has 2 bridgehead atoms. The lowest BCUT2D eigenvalue weighted by Gasteiger charge is -2.50. The Morgan fingerprint density at radius 3 is 1.23 bits per heavy atom. The van der Waals surface area contributed by atoms with Crippen LogP contribution >= 0.6 is 0 Å². The van der Waals surface area contributed by atoms with Gasteiger partial charge in [-0.1, -0.05) is 0 Å². The van der Waals surface area contributed by atoms with E-state index in [1.54, 1.807) is 0 Å². The third-order valence-corrected chi connectivity index (χ3v) is 7.83. The second-order valence-corrected chi connectivity index (χ2v) is 10.7. The van der Waals surface area contributed by atoms with Gasteiger partial charge in [0.1, 0.15) is 12.1 Å². The molecule has 22 heavy (non-hydrogen) atoms. The van der Waals surface area contributed by atoms with E-state index in [9.17, 15) is 0 Å². The molecule has 3 aliphatic heterocycles. The summed E-state index contributed by atoms with van der Waals surface area (Å²) >= 11 is 0. The third-order valence-electron chi connectivity index (χ3n) is 7.83. The molecule has 0 radical (unpaired) electrons. The first-order valence-electron chi connectivity index (χ1n) is 9.21. The van der Waals surface area contributed by atoms with E-state index in [-0.39, 0.29) is 11.1 Å². The van der Waals surface area contributed by atoms with Crippen LogP contribution in [-0.2, 0) is 0 Å². The monoisotopic (exact) mass is 300 g/mol. The van der Waals surface area contributed by atoms with E-state index in [0.29, 0.717) is 24.2 Å². The van der Waals surface area contributed by atoms with Crippen LogP contribution in [0.1, 0.15) is 41.5 Å². The van der Waals surface area contributed by atoms with Gasteiger partial charge in [-0.25, -0.2) is 0 Å². The molecule has 0 aromatic rings. The van der Waals surface area contributed by atoms with Crippen LogP contribution in [0.4, 0.5) is 0 Å². The maximum Gasteiger partial charge on any atom is 0.187 e. The first-order chi connectivity index (χ1) is 10.2. The molecule has 3 heterocycles. The van der Waals surface area contributed by atoms with E-state index in [1.165, 1.54) is 0 Å². The smallest absolute Gasteiger partial charge is 0.119 e. The van der Waals surface area contributed by atoms with Crippen molar-refractivity contribution in [1.29, 1.82) is 0 Å². The van der Waals surface area contributed by atoms with Crippen molar-refractivity contribution < 1.29 is 9.39 Å². The molecule has 0 spiro atoms. The quantitative estimate of drug-likeness (QED) is 0.616. The predicted octanol–water partition coefficient (Wildman–Crippen LogP) is 2.77. The number of hydrogen-bond acceptors (Lipinski definition) is 2. The van der Waals surface area contributed by atoms with Gasteiger partial charge in [0.15, 0.2) is 23.2 Å². The van der Waals surface area contributed by atoms with E-state index < -0.39 is 0 Å². The first-order valence-corrected chi connectivity index (χ1v) is 9.21. The van der Waals surface area contributed by atoms with Crippen molar-refractivity contribution >= 4 is 0 Å². The van der Waals surface area contributed by atoms with Crippen LogP contribution in [0.25, 0.3) is 0 Å². The lowest BCUT2D eigenvalue weighted by molar-refractivity contribution is -0.732. The molecule has 118 valence electrons. The molecular formula is C18H28N4+2. The number of nitrogens with zero attached hydrogens (tertiary/aromatic N) is 4. The van der Waals surface area contributed by atoms with Crippen LogP contribution in [-0.4, -0.2) is 44.6 Å². The van der Waals surface area contributed by atoms with E-state index in [0.717, 1.165) is 35.5 Å². The van der Waals surface area contributed by atoms with Gasteiger partial charge in [-0.05, 0) is 10.2 Å². The lowest BCUT2D eigenvalue weighted by atomic mass is 9.55. The molecule has 0 aromatic heterocycles. The average Bonchev–Trinajstić information content (AvgIpc) is 2.73. The van der Waals surface area contributed by atoms with Crippen molar-refractivity contribution in [2.45, 2.75) is 76.8 Å². The van der Waals surface area contributed by atoms with Gasteiger partial charge in [0, 0.05) is 65.2 Å². The zero-order valence-electron chi connectivity index (χ0n) is 14.6. The van der Waals surface area contributed by atoms with Crippen molar-refractivity contribution in [3.05, 3.63) is 0 Å². The van der Waals surface area contributed by atoms with Gasteiger partial charge in [-0.3, -0.25) is 0 Å². The number of rotatable bonds is 0. The SMILES string of the molecule is CC(C)(C)[N+]1=N[C@H]2C3C4C5C3[C@@H]3[C@H]2[C@H]([C@@H]41)[C@H]5N=[N+]3C(C)(C)C. The fourth-order valence-corrected chi connectivity index (χ4v) is 7.69. The molecule has 3 aliphatic carbocycles. The summed E-state index contributed by atoms with van der Waals surface area (Å²) < 4.78 is 5.04. The highest BCUT2D eigenvalue weighted by Crippen LogP contribution is 2.78. The van der Waals surface area contributed by atoms with Crippen molar-refractivity contribution in [2.75, 3.05) is 0 Å². The fourth-order valence-electron chi connectivity index (χ4n) is 7.69. The molecule has 4 heteroatoms. The van der Waals surface area contributed by atoms with E-state index >= 15 is 0 Å². The van der Waals surface area contributed by atoms with E-state index in [1.807, 2.05) is 0 Å². The lowest BCUT2D eigenvalue weighted by Crippen LogP contribution is -2.61. The van der Waals surface area contributed by atoms with Crippen LogP contribution in [0.5, 0.6) is 0 Å². The third kappa shape index (κ3) is 1.01. The summed E-state index contributed by atoms with van der Waals surface area (Å²) in [6.45, 7) is 14.0. The summed E-state index contributed by atoms with van der Waals surface area (Å²) in [6, 6.07) is 2.61. The Morgan fingerprint density at radius 2 is 0.909 bits per heavy atom. The van der Waals surface area contributed by atoms with E-state index in [4.69, 9.17) is 10.2 Å². The average molecular weight is 300 g/mol. The summed E-state index contributed by atoms with van der Waals surface area (Å²) in [7, 11) is 0. The minimum Gasteiger partial charge on any atom is -0.119 e. The van der Waals surface area contributed by atoms with Gasteiger partial charge in [0.25, 0.3) is 0 Å². The van der Waals surface area contributed by atoms with Crippen LogP contribution < -0.4 is 0 Å². The molecular weight excluding hydrogens is 272 g/mol. The Bertz CT molecular complexity index is 598. The van der Waals surface area contributed by atoms with Gasteiger partial charge in [-0.2, -0.15) is 0 Å². The normalized spacial score (nSPS) is 59.0. The second kappa shape index (κ2) is 3.08. The highest BCUT2D eigenvalue weighted by molar-refractivity contribution is 5.32. The topological polar surface area (TPSA) is 30.7 Å². The molecule has 0 aromatic carbocycles. The Kier molecular flexibility index (Phi) is 1.76. The van der Waals surface area contributed by atoms with Crippen LogP contribution in [0, 0.1) is 35.5 Å². The molecule has 6 atom stereocenters. The summed E-state index contributed by atoms with van der Waals surface area (Å²) in [6.07, 6.45) is 0. The highest BCUT2D eigenvalue weighted by atomic mass is 15.5. The second-order valence-electron chi connectivity index (χ2n) is 10.7. The summed E-state index contributed by atoms with van der Waals surface area (Å²) in [5.74, 6) is 5.21. The van der Waals surface area contributed by atoms with Crippen molar-refractivity contribution in [2.24, 2.45) is 45.7 Å². The summed E-state index contributed by atoms with van der Waals surface area (Å²) in [5, 5.41) is 10.6. The zero-order valence-corrected chi connectivity index (χ0v) is 14.6. The molecule has 3 fully saturated rings. The summed E-state index contributed by atoms with van der Waals surface area (Å²) in [5.41, 5.74) is 0.342. The molecule has 0 unspecified atom stereocenters. The van der Waals surface area contributed by atoms with Crippen molar-refractivity contribution in [1.82, 2.24) is 0 Å². The first kappa shape index (κ1) is 12.6. The minimum absolute atomic E-state index is 0.171.